The molecule has 0 unspecified atom stereocenters. The first-order valence-electron chi connectivity index (χ1n) is 9.03. The van der Waals surface area contributed by atoms with Gasteiger partial charge in [0.15, 0.2) is 5.82 Å². The van der Waals surface area contributed by atoms with E-state index in [1.54, 1.807) is 11.3 Å². The molecule has 3 heterocycles. The summed E-state index contributed by atoms with van der Waals surface area (Å²) in [4.78, 5) is 15.9. The van der Waals surface area contributed by atoms with Gasteiger partial charge in [0, 0.05) is 44.6 Å². The molecule has 1 atom stereocenters. The first kappa shape index (κ1) is 19.0. The standard InChI is InChI=1S/C18H27N5O2S/c1-13(2)17(19-16(24)12-25-3)18-21-20-15-6-7-22(8-9-23(15)18)11-14-5-4-10-26-14/h4-5,10,13,17H,6-9,11-12H2,1-3H3,(H,19,24)/t17-/m1/s1. The molecule has 1 aliphatic rings. The maximum atomic E-state index is 12.0. The van der Waals surface area contributed by atoms with Crippen LogP contribution in [0.5, 0.6) is 0 Å². The van der Waals surface area contributed by atoms with Gasteiger partial charge in [-0.05, 0) is 17.4 Å². The van der Waals surface area contributed by atoms with Gasteiger partial charge in [-0.2, -0.15) is 0 Å². The van der Waals surface area contributed by atoms with Gasteiger partial charge < -0.3 is 14.6 Å². The predicted molar refractivity (Wildman–Crippen MR) is 101 cm³/mol. The Morgan fingerprint density at radius 3 is 2.88 bits per heavy atom. The summed E-state index contributed by atoms with van der Waals surface area (Å²) in [5.41, 5.74) is 0. The summed E-state index contributed by atoms with van der Waals surface area (Å²) in [6.45, 7) is 7.96. The SMILES string of the molecule is COCC(=O)N[C@@H](c1nnc2n1CCN(Cc1cccs1)CC2)C(C)C. The molecule has 0 bridgehead atoms. The summed E-state index contributed by atoms with van der Waals surface area (Å²) >= 11 is 1.80. The second kappa shape index (κ2) is 8.75. The lowest BCUT2D eigenvalue weighted by molar-refractivity contribution is -0.125. The lowest BCUT2D eigenvalue weighted by Gasteiger charge is -2.23. The Bertz CT molecular complexity index is 713. The molecule has 26 heavy (non-hydrogen) atoms. The third-order valence-corrected chi connectivity index (χ3v) is 5.50. The second-order valence-corrected chi connectivity index (χ2v) is 7.99. The number of methoxy groups -OCH3 is 1. The van der Waals surface area contributed by atoms with Crippen molar-refractivity contribution in [2.75, 3.05) is 26.8 Å². The zero-order chi connectivity index (χ0) is 18.5. The van der Waals surface area contributed by atoms with E-state index in [0.29, 0.717) is 0 Å². The number of hydrogen-bond donors (Lipinski definition) is 1. The van der Waals surface area contributed by atoms with Gasteiger partial charge in [0.25, 0.3) is 0 Å². The summed E-state index contributed by atoms with van der Waals surface area (Å²) in [5.74, 6) is 1.93. The topological polar surface area (TPSA) is 72.3 Å². The minimum atomic E-state index is -0.164. The Labute approximate surface area is 158 Å². The van der Waals surface area contributed by atoms with Crippen molar-refractivity contribution in [2.45, 2.75) is 39.4 Å². The van der Waals surface area contributed by atoms with E-state index in [4.69, 9.17) is 4.74 Å². The fraction of sp³-hybridized carbons (Fsp3) is 0.611. The highest BCUT2D eigenvalue weighted by atomic mass is 32.1. The van der Waals surface area contributed by atoms with Crippen LogP contribution in [0.1, 0.15) is 36.4 Å². The van der Waals surface area contributed by atoms with E-state index in [2.05, 4.69) is 56.3 Å². The number of nitrogens with one attached hydrogen (secondary N) is 1. The van der Waals surface area contributed by atoms with E-state index < -0.39 is 0 Å². The lowest BCUT2D eigenvalue weighted by atomic mass is 10.0. The molecule has 1 aliphatic heterocycles. The van der Waals surface area contributed by atoms with Gasteiger partial charge in [0.2, 0.25) is 5.91 Å². The number of thiophene rings is 1. The van der Waals surface area contributed by atoms with Crippen molar-refractivity contribution in [1.82, 2.24) is 25.0 Å². The third kappa shape index (κ3) is 4.49. The molecule has 0 spiro atoms. The largest absolute Gasteiger partial charge is 0.375 e. The van der Waals surface area contributed by atoms with Crippen molar-refractivity contribution in [1.29, 1.82) is 0 Å². The van der Waals surface area contributed by atoms with Crippen LogP contribution in [0.25, 0.3) is 0 Å². The highest BCUT2D eigenvalue weighted by Gasteiger charge is 2.27. The molecule has 0 fully saturated rings. The van der Waals surface area contributed by atoms with Crippen molar-refractivity contribution in [2.24, 2.45) is 5.92 Å². The molecule has 0 radical (unpaired) electrons. The molecule has 0 aliphatic carbocycles. The molecule has 2 aromatic heterocycles. The number of rotatable bonds is 7. The molecule has 0 saturated carbocycles. The molecule has 2 aromatic rings. The van der Waals surface area contributed by atoms with Crippen LogP contribution in [0.2, 0.25) is 0 Å². The third-order valence-electron chi connectivity index (χ3n) is 4.64. The van der Waals surface area contributed by atoms with Gasteiger partial charge >= 0.3 is 0 Å². The van der Waals surface area contributed by atoms with Gasteiger partial charge in [-0.3, -0.25) is 9.69 Å². The van der Waals surface area contributed by atoms with Crippen molar-refractivity contribution < 1.29 is 9.53 Å². The highest BCUT2D eigenvalue weighted by molar-refractivity contribution is 7.09. The summed E-state index contributed by atoms with van der Waals surface area (Å²) in [6.07, 6.45) is 0.870. The first-order chi connectivity index (χ1) is 12.6. The van der Waals surface area contributed by atoms with E-state index >= 15 is 0 Å². The molecule has 142 valence electrons. The van der Waals surface area contributed by atoms with Crippen LogP contribution in [0.3, 0.4) is 0 Å². The first-order valence-corrected chi connectivity index (χ1v) is 9.91. The molecular weight excluding hydrogens is 350 g/mol. The molecule has 0 saturated heterocycles. The summed E-state index contributed by atoms with van der Waals surface area (Å²) in [5, 5.41) is 14.0. The van der Waals surface area contributed by atoms with Gasteiger partial charge in [-0.1, -0.05) is 19.9 Å². The van der Waals surface area contributed by atoms with E-state index in [1.165, 1.54) is 12.0 Å². The van der Waals surface area contributed by atoms with Gasteiger partial charge in [-0.25, -0.2) is 0 Å². The zero-order valence-electron chi connectivity index (χ0n) is 15.6. The number of carbonyl (C=O) groups excluding carboxylic acids is 1. The molecule has 1 amide bonds. The fourth-order valence-corrected chi connectivity index (χ4v) is 4.02. The Hall–Kier alpha value is -1.77. The van der Waals surface area contributed by atoms with E-state index in [-0.39, 0.29) is 24.5 Å². The Morgan fingerprint density at radius 1 is 1.35 bits per heavy atom. The van der Waals surface area contributed by atoms with E-state index in [0.717, 1.165) is 44.2 Å². The molecule has 0 aromatic carbocycles. The number of fused-ring (bicyclic) bond motifs is 1. The van der Waals surface area contributed by atoms with Crippen LogP contribution < -0.4 is 5.32 Å². The van der Waals surface area contributed by atoms with Crippen LogP contribution >= 0.6 is 11.3 Å². The molecule has 7 nitrogen and oxygen atoms in total. The fourth-order valence-electron chi connectivity index (χ4n) is 3.28. The van der Waals surface area contributed by atoms with Gasteiger partial charge in [0.1, 0.15) is 12.4 Å². The average molecular weight is 378 g/mol. The zero-order valence-corrected chi connectivity index (χ0v) is 16.5. The van der Waals surface area contributed by atoms with Crippen molar-refractivity contribution in [3.05, 3.63) is 34.0 Å². The maximum absolute atomic E-state index is 12.0. The van der Waals surface area contributed by atoms with Crippen LogP contribution in [-0.2, 0) is 29.0 Å². The lowest BCUT2D eigenvalue weighted by Crippen LogP contribution is -2.36. The number of nitrogens with zero attached hydrogens (tertiary/aromatic N) is 4. The van der Waals surface area contributed by atoms with Crippen LogP contribution in [0, 0.1) is 5.92 Å². The predicted octanol–water partition coefficient (Wildman–Crippen LogP) is 1.86. The van der Waals surface area contributed by atoms with Gasteiger partial charge in [0.05, 0.1) is 6.04 Å². The molecule has 8 heteroatoms. The van der Waals surface area contributed by atoms with Crippen molar-refractivity contribution in [3.8, 4) is 0 Å². The molecule has 3 rings (SSSR count). The summed E-state index contributed by atoms with van der Waals surface area (Å²) < 4.78 is 7.12. The van der Waals surface area contributed by atoms with Crippen LogP contribution in [-0.4, -0.2) is 52.4 Å². The highest BCUT2D eigenvalue weighted by Crippen LogP contribution is 2.23. The monoisotopic (exact) mass is 377 g/mol. The number of hydrogen-bond acceptors (Lipinski definition) is 6. The van der Waals surface area contributed by atoms with Gasteiger partial charge in [-0.15, -0.1) is 21.5 Å². The number of carbonyl (C=O) groups is 1. The summed E-state index contributed by atoms with van der Waals surface area (Å²) in [7, 11) is 1.52. The molecular formula is C18H27N5O2S. The van der Waals surface area contributed by atoms with Crippen LogP contribution in [0.4, 0.5) is 0 Å². The average Bonchev–Trinajstić information content (AvgIpc) is 3.20. The second-order valence-electron chi connectivity index (χ2n) is 6.95. The van der Waals surface area contributed by atoms with Crippen molar-refractivity contribution >= 4 is 17.2 Å². The number of amides is 1. The van der Waals surface area contributed by atoms with E-state index in [9.17, 15) is 4.79 Å². The minimum absolute atomic E-state index is 0.0544. The Morgan fingerprint density at radius 2 is 2.19 bits per heavy atom. The smallest absolute Gasteiger partial charge is 0.246 e. The van der Waals surface area contributed by atoms with Crippen molar-refractivity contribution in [3.63, 3.8) is 0 Å². The number of aromatic nitrogens is 3. The summed E-state index contributed by atoms with van der Waals surface area (Å²) in [6, 6.07) is 4.12. The Balaban J connectivity index is 1.72. The minimum Gasteiger partial charge on any atom is -0.375 e. The number of ether oxygens (including phenoxy) is 1. The quantitative estimate of drug-likeness (QED) is 0.797. The van der Waals surface area contributed by atoms with E-state index in [1.807, 2.05) is 0 Å². The van der Waals surface area contributed by atoms with Crippen LogP contribution in [0.15, 0.2) is 17.5 Å². The maximum Gasteiger partial charge on any atom is 0.246 e. The normalized spacial score (nSPS) is 16.3. The molecule has 1 N–H and O–H groups in total. The Kier molecular flexibility index (Phi) is 6.39.